The van der Waals surface area contributed by atoms with E-state index >= 15 is 0 Å². The van der Waals surface area contributed by atoms with Gasteiger partial charge in [0.1, 0.15) is 5.82 Å². The number of ether oxygens (including phenoxy) is 1. The van der Waals surface area contributed by atoms with Crippen LogP contribution in [0.3, 0.4) is 0 Å². The zero-order chi connectivity index (χ0) is 19.7. The monoisotopic (exact) mass is 384 g/mol. The lowest BCUT2D eigenvalue weighted by Gasteiger charge is -2.41. The van der Waals surface area contributed by atoms with Crippen molar-refractivity contribution in [3.8, 4) is 0 Å². The van der Waals surface area contributed by atoms with Crippen LogP contribution in [-0.2, 0) is 16.0 Å². The first-order valence-corrected chi connectivity index (χ1v) is 9.28. The largest absolute Gasteiger partial charge is 0.465 e. The SMILES string of the molecule is O=C(O)N1CCOC(C(=O)N2CCc3ccccc3[C@@H]2c2ccc(F)cc2)C1. The molecule has 0 saturated carbocycles. The Morgan fingerprint density at radius 3 is 2.57 bits per heavy atom. The minimum atomic E-state index is -1.06. The van der Waals surface area contributed by atoms with Crippen molar-refractivity contribution in [1.82, 2.24) is 9.80 Å². The number of hydrogen-bond acceptors (Lipinski definition) is 3. The van der Waals surface area contributed by atoms with Crippen molar-refractivity contribution in [1.29, 1.82) is 0 Å². The van der Waals surface area contributed by atoms with E-state index in [1.54, 1.807) is 17.0 Å². The smallest absolute Gasteiger partial charge is 0.407 e. The first-order chi connectivity index (χ1) is 13.5. The number of carbonyl (C=O) groups is 2. The molecule has 2 atom stereocenters. The normalized spacial score (nSPS) is 21.9. The molecule has 7 heteroatoms. The van der Waals surface area contributed by atoms with Crippen molar-refractivity contribution in [3.05, 3.63) is 71.0 Å². The zero-order valence-corrected chi connectivity index (χ0v) is 15.3. The fraction of sp³-hybridized carbons (Fsp3) is 0.333. The zero-order valence-electron chi connectivity index (χ0n) is 15.3. The van der Waals surface area contributed by atoms with E-state index in [1.165, 1.54) is 17.0 Å². The number of morpholine rings is 1. The molecular formula is C21H21FN2O4. The van der Waals surface area contributed by atoms with Crippen molar-refractivity contribution < 1.29 is 23.8 Å². The minimum Gasteiger partial charge on any atom is -0.465 e. The van der Waals surface area contributed by atoms with Gasteiger partial charge in [0.25, 0.3) is 5.91 Å². The maximum absolute atomic E-state index is 13.5. The van der Waals surface area contributed by atoms with E-state index in [2.05, 4.69) is 0 Å². The maximum Gasteiger partial charge on any atom is 0.407 e. The molecular weight excluding hydrogens is 363 g/mol. The number of amides is 2. The van der Waals surface area contributed by atoms with Gasteiger partial charge >= 0.3 is 6.09 Å². The van der Waals surface area contributed by atoms with Crippen LogP contribution in [0.15, 0.2) is 48.5 Å². The Labute approximate surface area is 162 Å². The van der Waals surface area contributed by atoms with E-state index in [0.717, 1.165) is 16.7 Å². The van der Waals surface area contributed by atoms with Gasteiger partial charge in [0.05, 0.1) is 19.2 Å². The van der Waals surface area contributed by atoms with Gasteiger partial charge in [-0.3, -0.25) is 4.79 Å². The molecule has 146 valence electrons. The first-order valence-electron chi connectivity index (χ1n) is 9.28. The summed E-state index contributed by atoms with van der Waals surface area (Å²) in [5.41, 5.74) is 2.96. The molecule has 6 nitrogen and oxygen atoms in total. The molecule has 1 unspecified atom stereocenters. The third kappa shape index (κ3) is 3.45. The van der Waals surface area contributed by atoms with Crippen LogP contribution in [0.2, 0.25) is 0 Å². The summed E-state index contributed by atoms with van der Waals surface area (Å²) in [6, 6.07) is 13.7. The summed E-state index contributed by atoms with van der Waals surface area (Å²) in [5, 5.41) is 9.24. The Kier molecular flexibility index (Phi) is 5.00. The molecule has 2 heterocycles. The Morgan fingerprint density at radius 2 is 1.82 bits per heavy atom. The molecule has 0 radical (unpaired) electrons. The highest BCUT2D eigenvalue weighted by Crippen LogP contribution is 2.36. The van der Waals surface area contributed by atoms with E-state index in [1.807, 2.05) is 24.3 Å². The van der Waals surface area contributed by atoms with Crippen molar-refractivity contribution in [3.63, 3.8) is 0 Å². The van der Waals surface area contributed by atoms with Crippen molar-refractivity contribution in [2.75, 3.05) is 26.2 Å². The lowest BCUT2D eigenvalue weighted by Crippen LogP contribution is -2.54. The van der Waals surface area contributed by atoms with Crippen LogP contribution in [0.5, 0.6) is 0 Å². The van der Waals surface area contributed by atoms with E-state index < -0.39 is 12.2 Å². The predicted octanol–water partition coefficient (Wildman–Crippen LogP) is 2.68. The summed E-state index contributed by atoms with van der Waals surface area (Å²) in [6.07, 6.45) is -1.19. The molecule has 0 aromatic heterocycles. The minimum absolute atomic E-state index is 0.0163. The molecule has 2 amide bonds. The highest BCUT2D eigenvalue weighted by molar-refractivity contribution is 5.83. The van der Waals surface area contributed by atoms with E-state index in [0.29, 0.717) is 13.0 Å². The van der Waals surface area contributed by atoms with Gasteiger partial charge in [-0.15, -0.1) is 0 Å². The van der Waals surface area contributed by atoms with Crippen LogP contribution < -0.4 is 0 Å². The second-order valence-corrected chi connectivity index (χ2v) is 7.02. The molecule has 1 fully saturated rings. The fourth-order valence-electron chi connectivity index (χ4n) is 3.97. The second kappa shape index (κ2) is 7.59. The van der Waals surface area contributed by atoms with Crippen molar-refractivity contribution in [2.24, 2.45) is 0 Å². The number of hydrogen-bond donors (Lipinski definition) is 1. The summed E-state index contributed by atoms with van der Waals surface area (Å²) in [6.45, 7) is 0.949. The number of fused-ring (bicyclic) bond motifs is 1. The summed E-state index contributed by atoms with van der Waals surface area (Å²) in [4.78, 5) is 27.5. The highest BCUT2D eigenvalue weighted by Gasteiger charge is 2.38. The van der Waals surface area contributed by atoms with E-state index in [4.69, 9.17) is 4.74 Å². The van der Waals surface area contributed by atoms with E-state index in [-0.39, 0.29) is 37.5 Å². The molecule has 2 aromatic rings. The molecule has 28 heavy (non-hydrogen) atoms. The molecule has 0 spiro atoms. The summed E-state index contributed by atoms with van der Waals surface area (Å²) >= 11 is 0. The number of carboxylic acid groups (broad SMARTS) is 1. The average molecular weight is 384 g/mol. The number of halogens is 1. The van der Waals surface area contributed by atoms with Gasteiger partial charge in [-0.05, 0) is 35.2 Å². The van der Waals surface area contributed by atoms with Crippen molar-refractivity contribution in [2.45, 2.75) is 18.6 Å². The molecule has 2 aliphatic heterocycles. The molecule has 2 aliphatic rings. The fourth-order valence-corrected chi connectivity index (χ4v) is 3.97. The third-order valence-electron chi connectivity index (χ3n) is 5.36. The average Bonchev–Trinajstić information content (AvgIpc) is 2.73. The Balaban J connectivity index is 1.67. The molecule has 0 aliphatic carbocycles. The van der Waals surface area contributed by atoms with Gasteiger partial charge < -0.3 is 19.6 Å². The Bertz CT molecular complexity index is 886. The van der Waals surface area contributed by atoms with Gasteiger partial charge in [-0.25, -0.2) is 9.18 Å². The number of benzene rings is 2. The number of nitrogens with zero attached hydrogens (tertiary/aromatic N) is 2. The van der Waals surface area contributed by atoms with Crippen LogP contribution in [0.25, 0.3) is 0 Å². The number of rotatable bonds is 2. The Hall–Kier alpha value is -2.93. The molecule has 0 bridgehead atoms. The molecule has 4 rings (SSSR count). The third-order valence-corrected chi connectivity index (χ3v) is 5.36. The van der Waals surface area contributed by atoms with Crippen LogP contribution in [0, 0.1) is 5.82 Å². The summed E-state index contributed by atoms with van der Waals surface area (Å²) in [7, 11) is 0. The highest BCUT2D eigenvalue weighted by atomic mass is 19.1. The predicted molar refractivity (Wildman–Crippen MR) is 99.4 cm³/mol. The van der Waals surface area contributed by atoms with Gasteiger partial charge in [-0.2, -0.15) is 0 Å². The topological polar surface area (TPSA) is 70.1 Å². The molecule has 2 aromatic carbocycles. The van der Waals surface area contributed by atoms with Gasteiger partial charge in [-0.1, -0.05) is 36.4 Å². The van der Waals surface area contributed by atoms with Crippen LogP contribution in [0.4, 0.5) is 9.18 Å². The van der Waals surface area contributed by atoms with Gasteiger partial charge in [0.15, 0.2) is 6.10 Å². The van der Waals surface area contributed by atoms with Crippen LogP contribution in [0.1, 0.15) is 22.7 Å². The Morgan fingerprint density at radius 1 is 1.07 bits per heavy atom. The lowest BCUT2D eigenvalue weighted by molar-refractivity contribution is -0.150. The quantitative estimate of drug-likeness (QED) is 0.864. The van der Waals surface area contributed by atoms with Crippen LogP contribution >= 0.6 is 0 Å². The van der Waals surface area contributed by atoms with Gasteiger partial charge in [0, 0.05) is 13.1 Å². The van der Waals surface area contributed by atoms with E-state index in [9.17, 15) is 19.1 Å². The standard InChI is InChI=1S/C21H21FN2O4/c22-16-7-5-15(6-8-16)19-17-4-2-1-3-14(17)9-10-24(19)20(25)18-13-23(21(26)27)11-12-28-18/h1-8,18-19H,9-13H2,(H,26,27)/t18?,19-/m0/s1. The first kappa shape index (κ1) is 18.4. The second-order valence-electron chi connectivity index (χ2n) is 7.02. The summed E-state index contributed by atoms with van der Waals surface area (Å²) in [5.74, 6) is -0.576. The van der Waals surface area contributed by atoms with Crippen LogP contribution in [-0.4, -0.2) is 59.3 Å². The van der Waals surface area contributed by atoms with Crippen molar-refractivity contribution >= 4 is 12.0 Å². The lowest BCUT2D eigenvalue weighted by atomic mass is 9.88. The van der Waals surface area contributed by atoms with Gasteiger partial charge in [0.2, 0.25) is 0 Å². The maximum atomic E-state index is 13.5. The number of carbonyl (C=O) groups excluding carboxylic acids is 1. The molecule has 1 N–H and O–H groups in total. The molecule has 1 saturated heterocycles. The summed E-state index contributed by atoms with van der Waals surface area (Å²) < 4.78 is 19.1.